The summed E-state index contributed by atoms with van der Waals surface area (Å²) in [6.07, 6.45) is 0. The Bertz CT molecular complexity index is 777. The number of fused-ring (bicyclic) bond motifs is 1. The van der Waals surface area contributed by atoms with Gasteiger partial charge in [0.1, 0.15) is 0 Å². The Morgan fingerprint density at radius 3 is 2.68 bits per heavy atom. The molecule has 0 aliphatic carbocycles. The third-order valence-electron chi connectivity index (χ3n) is 3.05. The third kappa shape index (κ3) is 2.12. The fourth-order valence-electron chi connectivity index (χ4n) is 2.17. The molecule has 19 heavy (non-hydrogen) atoms. The maximum atomic E-state index is 10.0. The third-order valence-corrected chi connectivity index (χ3v) is 3.72. The molecule has 0 bridgehead atoms. The molecule has 3 nitrogen and oxygen atoms in total. The van der Waals surface area contributed by atoms with Crippen molar-refractivity contribution in [3.63, 3.8) is 0 Å². The molecule has 0 amide bonds. The maximum absolute atomic E-state index is 10.0. The first-order valence-corrected chi connectivity index (χ1v) is 6.89. The molecule has 0 radical (unpaired) electrons. The van der Waals surface area contributed by atoms with Gasteiger partial charge >= 0.3 is 0 Å². The minimum Gasteiger partial charge on any atom is -0.494 e. The van der Waals surface area contributed by atoms with Crippen molar-refractivity contribution in [3.05, 3.63) is 63.2 Å². The fourth-order valence-corrected chi connectivity index (χ4v) is 2.71. The number of aromatic nitrogens is 1. The van der Waals surface area contributed by atoms with Crippen molar-refractivity contribution in [1.82, 2.24) is 4.98 Å². The SMILES string of the molecule is N=C(c1cccc(I)c1)c1c(O)[nH]c2ccccc12. The van der Waals surface area contributed by atoms with Gasteiger partial charge in [0.05, 0.1) is 11.3 Å². The van der Waals surface area contributed by atoms with Crippen LogP contribution in [-0.2, 0) is 0 Å². The van der Waals surface area contributed by atoms with Gasteiger partial charge in [0, 0.05) is 20.0 Å². The number of aromatic hydroxyl groups is 1. The molecule has 3 N–H and O–H groups in total. The average Bonchev–Trinajstić information content (AvgIpc) is 2.74. The number of benzene rings is 2. The molecular weight excluding hydrogens is 351 g/mol. The molecule has 3 aromatic rings. The van der Waals surface area contributed by atoms with Gasteiger partial charge in [0.2, 0.25) is 0 Å². The zero-order valence-electron chi connectivity index (χ0n) is 9.94. The second-order valence-electron chi connectivity index (χ2n) is 4.28. The zero-order chi connectivity index (χ0) is 13.4. The topological polar surface area (TPSA) is 59.9 Å². The number of hydrogen-bond donors (Lipinski definition) is 3. The van der Waals surface area contributed by atoms with Gasteiger partial charge < -0.3 is 10.1 Å². The molecule has 1 aromatic heterocycles. The van der Waals surface area contributed by atoms with Crippen LogP contribution in [0.15, 0.2) is 48.5 Å². The number of rotatable bonds is 2. The quantitative estimate of drug-likeness (QED) is 0.470. The summed E-state index contributed by atoms with van der Waals surface area (Å²) >= 11 is 2.22. The minimum atomic E-state index is 0.0464. The van der Waals surface area contributed by atoms with E-state index < -0.39 is 0 Å². The van der Waals surface area contributed by atoms with E-state index in [0.717, 1.165) is 20.0 Å². The summed E-state index contributed by atoms with van der Waals surface area (Å²) < 4.78 is 1.07. The number of H-pyrrole nitrogens is 1. The van der Waals surface area contributed by atoms with Crippen LogP contribution < -0.4 is 0 Å². The summed E-state index contributed by atoms with van der Waals surface area (Å²) in [5.74, 6) is 0.0464. The first-order chi connectivity index (χ1) is 9.16. The van der Waals surface area contributed by atoms with E-state index >= 15 is 0 Å². The first kappa shape index (κ1) is 12.2. The van der Waals surface area contributed by atoms with Crippen molar-refractivity contribution in [3.8, 4) is 5.88 Å². The average molecular weight is 362 g/mol. The lowest BCUT2D eigenvalue weighted by Crippen LogP contribution is -2.01. The van der Waals surface area contributed by atoms with Gasteiger partial charge in [-0.05, 0) is 40.8 Å². The van der Waals surface area contributed by atoms with Crippen molar-refractivity contribution < 1.29 is 5.11 Å². The summed E-state index contributed by atoms with van der Waals surface area (Å²) in [5.41, 5.74) is 2.52. The predicted molar refractivity (Wildman–Crippen MR) is 85.1 cm³/mol. The summed E-state index contributed by atoms with van der Waals surface area (Å²) in [5, 5.41) is 19.2. The molecule has 0 atom stereocenters. The molecule has 0 saturated heterocycles. The van der Waals surface area contributed by atoms with Crippen LogP contribution in [0.1, 0.15) is 11.1 Å². The Hall–Kier alpha value is -1.82. The Kier molecular flexibility index (Phi) is 3.02. The molecule has 0 aliphatic rings. The minimum absolute atomic E-state index is 0.0464. The number of hydrogen-bond acceptors (Lipinski definition) is 2. The van der Waals surface area contributed by atoms with E-state index in [1.165, 1.54) is 0 Å². The lowest BCUT2D eigenvalue weighted by atomic mass is 10.0. The Morgan fingerprint density at radius 1 is 1.11 bits per heavy atom. The Labute approximate surface area is 123 Å². The molecule has 1 heterocycles. The molecule has 0 saturated carbocycles. The van der Waals surface area contributed by atoms with Crippen molar-refractivity contribution in [2.45, 2.75) is 0 Å². The zero-order valence-corrected chi connectivity index (χ0v) is 12.1. The largest absolute Gasteiger partial charge is 0.494 e. The van der Waals surface area contributed by atoms with E-state index in [2.05, 4.69) is 27.6 Å². The summed E-state index contributed by atoms with van der Waals surface area (Å²) in [4.78, 5) is 2.91. The van der Waals surface area contributed by atoms with Gasteiger partial charge in [-0.25, -0.2) is 0 Å². The highest BCUT2D eigenvalue weighted by Gasteiger charge is 2.16. The van der Waals surface area contributed by atoms with Gasteiger partial charge in [-0.1, -0.05) is 30.3 Å². The number of para-hydroxylation sites is 1. The van der Waals surface area contributed by atoms with Crippen LogP contribution in [-0.4, -0.2) is 15.8 Å². The first-order valence-electron chi connectivity index (χ1n) is 5.81. The number of halogens is 1. The highest BCUT2D eigenvalue weighted by molar-refractivity contribution is 14.1. The van der Waals surface area contributed by atoms with Gasteiger partial charge in [-0.3, -0.25) is 5.41 Å². The summed E-state index contributed by atoms with van der Waals surface area (Å²) in [7, 11) is 0. The smallest absolute Gasteiger partial charge is 0.199 e. The lowest BCUT2D eigenvalue weighted by molar-refractivity contribution is 0.457. The summed E-state index contributed by atoms with van der Waals surface area (Å²) in [6, 6.07) is 15.3. The standard InChI is InChI=1S/C15H11IN2O/c16-10-5-3-4-9(8-10)14(17)13-11-6-1-2-7-12(11)18-15(13)19/h1-8,17-19H. The van der Waals surface area contributed by atoms with Gasteiger partial charge in [0.15, 0.2) is 5.88 Å². The molecule has 4 heteroatoms. The van der Waals surface area contributed by atoms with E-state index in [0.29, 0.717) is 11.3 Å². The van der Waals surface area contributed by atoms with Crippen LogP contribution >= 0.6 is 22.6 Å². The van der Waals surface area contributed by atoms with Crippen LogP contribution in [0.3, 0.4) is 0 Å². The molecule has 0 unspecified atom stereocenters. The van der Waals surface area contributed by atoms with Crippen LogP contribution in [0.2, 0.25) is 0 Å². The van der Waals surface area contributed by atoms with Crippen LogP contribution in [0.4, 0.5) is 0 Å². The number of nitrogens with one attached hydrogen (secondary N) is 2. The van der Waals surface area contributed by atoms with Crippen molar-refractivity contribution >= 4 is 39.2 Å². The lowest BCUT2D eigenvalue weighted by Gasteiger charge is -2.04. The van der Waals surface area contributed by atoms with Crippen LogP contribution in [0, 0.1) is 8.98 Å². The molecule has 3 rings (SSSR count). The molecule has 0 fully saturated rings. The molecule has 2 aromatic carbocycles. The van der Waals surface area contributed by atoms with Crippen molar-refractivity contribution in [2.75, 3.05) is 0 Å². The fraction of sp³-hybridized carbons (Fsp3) is 0. The van der Waals surface area contributed by atoms with E-state index in [9.17, 15) is 5.11 Å². The molecule has 94 valence electrons. The normalized spacial score (nSPS) is 10.8. The highest BCUT2D eigenvalue weighted by atomic mass is 127. The highest BCUT2D eigenvalue weighted by Crippen LogP contribution is 2.29. The van der Waals surface area contributed by atoms with E-state index in [-0.39, 0.29) is 5.88 Å². The van der Waals surface area contributed by atoms with E-state index in [1.807, 2.05) is 48.5 Å². The second-order valence-corrected chi connectivity index (χ2v) is 5.53. The van der Waals surface area contributed by atoms with Crippen LogP contribution in [0.25, 0.3) is 10.9 Å². The van der Waals surface area contributed by atoms with Crippen LogP contribution in [0.5, 0.6) is 5.88 Å². The second kappa shape index (κ2) is 4.70. The van der Waals surface area contributed by atoms with Gasteiger partial charge in [0.25, 0.3) is 0 Å². The predicted octanol–water partition coefficient (Wildman–Crippen LogP) is 3.89. The Morgan fingerprint density at radius 2 is 1.89 bits per heavy atom. The molecular formula is C15H11IN2O. The monoisotopic (exact) mass is 362 g/mol. The summed E-state index contributed by atoms with van der Waals surface area (Å²) in [6.45, 7) is 0. The number of aromatic amines is 1. The van der Waals surface area contributed by atoms with Crippen molar-refractivity contribution in [1.29, 1.82) is 5.41 Å². The maximum Gasteiger partial charge on any atom is 0.199 e. The van der Waals surface area contributed by atoms with Crippen molar-refractivity contribution in [2.24, 2.45) is 0 Å². The Balaban J connectivity index is 2.19. The molecule has 0 spiro atoms. The van der Waals surface area contributed by atoms with Gasteiger partial charge in [-0.15, -0.1) is 0 Å². The van der Waals surface area contributed by atoms with Gasteiger partial charge in [-0.2, -0.15) is 0 Å². The molecule has 0 aliphatic heterocycles. The van der Waals surface area contributed by atoms with E-state index in [1.54, 1.807) is 0 Å². The van der Waals surface area contributed by atoms with E-state index in [4.69, 9.17) is 5.41 Å².